The highest BCUT2D eigenvalue weighted by atomic mass is 16.2. The molecule has 0 bridgehead atoms. The minimum absolute atomic E-state index is 0.0534. The van der Waals surface area contributed by atoms with Crippen LogP contribution in [0.15, 0.2) is 24.3 Å². The number of anilines is 1. The highest BCUT2D eigenvalue weighted by Gasteiger charge is 2.23. The Morgan fingerprint density at radius 1 is 1.11 bits per heavy atom. The van der Waals surface area contributed by atoms with Gasteiger partial charge in [-0.25, -0.2) is 0 Å². The van der Waals surface area contributed by atoms with Crippen molar-refractivity contribution < 1.29 is 9.59 Å². The number of nitrogens with zero attached hydrogens (tertiary/aromatic N) is 2. The largest absolute Gasteiger partial charge is 0.376 e. The molecule has 28 heavy (non-hydrogen) atoms. The molecule has 0 atom stereocenters. The fourth-order valence-corrected chi connectivity index (χ4v) is 2.88. The number of nitrogens with one attached hydrogen (secondary N) is 3. The number of benzene rings is 1. The monoisotopic (exact) mass is 385 g/mol. The lowest BCUT2D eigenvalue weighted by Crippen LogP contribution is -2.44. The van der Waals surface area contributed by atoms with Crippen LogP contribution in [0.4, 0.5) is 5.69 Å². The first-order valence-corrected chi connectivity index (χ1v) is 9.49. The Balaban J connectivity index is 1.95. The van der Waals surface area contributed by atoms with E-state index in [1.165, 1.54) is 0 Å². The number of hydrogen-bond acceptors (Lipinski definition) is 4. The van der Waals surface area contributed by atoms with Crippen molar-refractivity contribution in [2.24, 2.45) is 0 Å². The topological polar surface area (TPSA) is 88.0 Å². The van der Waals surface area contributed by atoms with E-state index >= 15 is 0 Å². The number of carbonyl (C=O) groups excluding carboxylic acids is 2. The maximum atomic E-state index is 12.4. The second kappa shape index (κ2) is 8.46. The SMILES string of the molecule is Cc1ccc(NCC(=O)NNC(=O)c2cc(C(C)C)n(C(C)(C)C)n2)c(C)c1. The van der Waals surface area contributed by atoms with Gasteiger partial charge in [-0.15, -0.1) is 0 Å². The number of amides is 2. The van der Waals surface area contributed by atoms with Crippen LogP contribution < -0.4 is 16.2 Å². The van der Waals surface area contributed by atoms with Crippen molar-refractivity contribution in [1.82, 2.24) is 20.6 Å². The van der Waals surface area contributed by atoms with E-state index < -0.39 is 5.91 Å². The van der Waals surface area contributed by atoms with Gasteiger partial charge in [-0.2, -0.15) is 5.10 Å². The molecule has 1 heterocycles. The van der Waals surface area contributed by atoms with Crippen LogP contribution in [0, 0.1) is 13.8 Å². The number of aromatic nitrogens is 2. The predicted octanol–water partition coefficient (Wildman–Crippen LogP) is 3.25. The van der Waals surface area contributed by atoms with E-state index in [1.807, 2.05) is 57.5 Å². The van der Waals surface area contributed by atoms with Crippen molar-refractivity contribution in [1.29, 1.82) is 0 Å². The summed E-state index contributed by atoms with van der Waals surface area (Å²) in [7, 11) is 0. The van der Waals surface area contributed by atoms with Gasteiger partial charge in [-0.1, -0.05) is 31.5 Å². The summed E-state index contributed by atoms with van der Waals surface area (Å²) in [4.78, 5) is 24.5. The van der Waals surface area contributed by atoms with Crippen LogP contribution in [0.3, 0.4) is 0 Å². The molecule has 0 aliphatic rings. The Morgan fingerprint density at radius 3 is 2.32 bits per heavy atom. The van der Waals surface area contributed by atoms with Gasteiger partial charge in [0.1, 0.15) is 0 Å². The van der Waals surface area contributed by atoms with Gasteiger partial charge in [0, 0.05) is 11.4 Å². The molecule has 0 saturated carbocycles. The molecule has 0 aliphatic carbocycles. The molecule has 0 aliphatic heterocycles. The summed E-state index contributed by atoms with van der Waals surface area (Å²) in [5.41, 5.74) is 8.99. The molecule has 7 nitrogen and oxygen atoms in total. The molecule has 3 N–H and O–H groups in total. The van der Waals surface area contributed by atoms with Crippen LogP contribution in [-0.2, 0) is 10.3 Å². The summed E-state index contributed by atoms with van der Waals surface area (Å²) in [6.07, 6.45) is 0. The first-order valence-electron chi connectivity index (χ1n) is 9.49. The number of rotatable bonds is 5. The van der Waals surface area contributed by atoms with Crippen LogP contribution in [0.2, 0.25) is 0 Å². The lowest BCUT2D eigenvalue weighted by atomic mass is 10.1. The average Bonchev–Trinajstić information content (AvgIpc) is 3.05. The smallest absolute Gasteiger partial charge is 0.290 e. The second-order valence-electron chi connectivity index (χ2n) is 8.37. The highest BCUT2D eigenvalue weighted by molar-refractivity contribution is 5.94. The van der Waals surface area contributed by atoms with Crippen LogP contribution in [0.5, 0.6) is 0 Å². The normalized spacial score (nSPS) is 11.4. The third-order valence-corrected chi connectivity index (χ3v) is 4.33. The van der Waals surface area contributed by atoms with E-state index in [2.05, 4.69) is 35.1 Å². The summed E-state index contributed by atoms with van der Waals surface area (Å²) in [5.74, 6) is -0.553. The molecule has 152 valence electrons. The fraction of sp³-hybridized carbons (Fsp3) is 0.476. The summed E-state index contributed by atoms with van der Waals surface area (Å²) >= 11 is 0. The van der Waals surface area contributed by atoms with E-state index in [0.717, 1.165) is 22.5 Å². The third kappa shape index (κ3) is 5.34. The average molecular weight is 386 g/mol. The highest BCUT2D eigenvalue weighted by Crippen LogP contribution is 2.23. The Kier molecular flexibility index (Phi) is 6.48. The summed E-state index contributed by atoms with van der Waals surface area (Å²) < 4.78 is 1.86. The van der Waals surface area contributed by atoms with E-state index in [9.17, 15) is 9.59 Å². The number of hydrazine groups is 1. The lowest BCUT2D eigenvalue weighted by molar-refractivity contribution is -0.120. The minimum Gasteiger partial charge on any atom is -0.376 e. The van der Waals surface area contributed by atoms with E-state index in [1.54, 1.807) is 6.07 Å². The van der Waals surface area contributed by atoms with Gasteiger partial charge >= 0.3 is 0 Å². The zero-order valence-electron chi connectivity index (χ0n) is 17.8. The van der Waals surface area contributed by atoms with Crippen molar-refractivity contribution in [2.75, 3.05) is 11.9 Å². The minimum atomic E-state index is -0.440. The molecule has 1 aromatic carbocycles. The molecule has 0 unspecified atom stereocenters. The van der Waals surface area contributed by atoms with Gasteiger partial charge in [-0.3, -0.25) is 25.1 Å². The number of carbonyl (C=O) groups is 2. The van der Waals surface area contributed by atoms with Crippen molar-refractivity contribution in [3.63, 3.8) is 0 Å². The molecule has 2 amide bonds. The van der Waals surface area contributed by atoms with E-state index in [-0.39, 0.29) is 29.6 Å². The molecule has 2 aromatic rings. The first kappa shape index (κ1) is 21.5. The molecule has 0 fully saturated rings. The van der Waals surface area contributed by atoms with Crippen LogP contribution in [0.25, 0.3) is 0 Å². The number of aryl methyl sites for hydroxylation is 2. The number of hydrogen-bond donors (Lipinski definition) is 3. The summed E-state index contributed by atoms with van der Waals surface area (Å²) in [5, 5.41) is 7.50. The maximum absolute atomic E-state index is 12.4. The van der Waals surface area contributed by atoms with Gasteiger partial charge in [0.2, 0.25) is 0 Å². The molecular weight excluding hydrogens is 354 g/mol. The van der Waals surface area contributed by atoms with Crippen molar-refractivity contribution in [2.45, 2.75) is 59.9 Å². The van der Waals surface area contributed by atoms with Crippen LogP contribution in [0.1, 0.15) is 67.8 Å². The second-order valence-corrected chi connectivity index (χ2v) is 8.37. The zero-order valence-corrected chi connectivity index (χ0v) is 17.8. The van der Waals surface area contributed by atoms with Crippen LogP contribution >= 0.6 is 0 Å². The standard InChI is InChI=1S/C21H31N5O2/c1-13(2)18-11-17(25-26(18)21(5,6)7)20(28)24-23-19(27)12-22-16-9-8-14(3)10-15(16)4/h8-11,13,22H,12H2,1-7H3,(H,23,27)(H,24,28). The van der Waals surface area contributed by atoms with Gasteiger partial charge in [-0.05, 0) is 58.2 Å². The van der Waals surface area contributed by atoms with E-state index in [0.29, 0.717) is 0 Å². The molecular formula is C21H31N5O2. The molecule has 0 saturated heterocycles. The van der Waals surface area contributed by atoms with Gasteiger partial charge in [0.05, 0.1) is 12.1 Å². The molecule has 0 radical (unpaired) electrons. The quantitative estimate of drug-likeness (QED) is 0.690. The van der Waals surface area contributed by atoms with Gasteiger partial charge in [0.15, 0.2) is 5.69 Å². The van der Waals surface area contributed by atoms with Gasteiger partial charge in [0.25, 0.3) is 11.8 Å². The molecule has 0 spiro atoms. The third-order valence-electron chi connectivity index (χ3n) is 4.33. The molecule has 7 heteroatoms. The lowest BCUT2D eigenvalue weighted by Gasteiger charge is -2.23. The van der Waals surface area contributed by atoms with Crippen molar-refractivity contribution in [3.05, 3.63) is 46.8 Å². The zero-order chi connectivity index (χ0) is 21.1. The fourth-order valence-electron chi connectivity index (χ4n) is 2.88. The maximum Gasteiger partial charge on any atom is 0.290 e. The van der Waals surface area contributed by atoms with Crippen molar-refractivity contribution in [3.8, 4) is 0 Å². The van der Waals surface area contributed by atoms with Crippen molar-refractivity contribution >= 4 is 17.5 Å². The van der Waals surface area contributed by atoms with Gasteiger partial charge < -0.3 is 5.32 Å². The first-order chi connectivity index (χ1) is 13.0. The Bertz CT molecular complexity index is 862. The molecule has 1 aromatic heterocycles. The van der Waals surface area contributed by atoms with Crippen LogP contribution in [-0.4, -0.2) is 28.1 Å². The van der Waals surface area contributed by atoms with E-state index in [4.69, 9.17) is 0 Å². The summed E-state index contributed by atoms with van der Waals surface area (Å²) in [6.45, 7) is 14.3. The Morgan fingerprint density at radius 2 is 1.79 bits per heavy atom. The predicted molar refractivity (Wildman–Crippen MR) is 111 cm³/mol. The Labute approximate surface area is 166 Å². The summed E-state index contributed by atoms with van der Waals surface area (Å²) in [6, 6.07) is 7.72. The Hall–Kier alpha value is -2.83. The molecule has 2 rings (SSSR count).